The maximum Gasteiger partial charge on any atom is 0.273 e. The summed E-state index contributed by atoms with van der Waals surface area (Å²) in [6.45, 7) is 3.47. The highest BCUT2D eigenvalue weighted by Crippen LogP contribution is 2.25. The lowest BCUT2D eigenvalue weighted by Crippen LogP contribution is -2.30. The molecule has 1 amide bonds. The first-order valence-corrected chi connectivity index (χ1v) is 6.53. The van der Waals surface area contributed by atoms with Crippen LogP contribution in [-0.2, 0) is 4.79 Å². The average molecular weight is 317 g/mol. The van der Waals surface area contributed by atoms with Crippen LogP contribution in [0.4, 0.5) is 10.1 Å². The third-order valence-corrected chi connectivity index (χ3v) is 2.93. The number of nitrogens with zero attached hydrogens (tertiary/aromatic N) is 1. The van der Waals surface area contributed by atoms with E-state index in [9.17, 15) is 24.1 Å². The Balaban J connectivity index is 2.87. The number of halogens is 2. The number of Topliss-reactive ketones (excluding diaryl/α,β-unsaturated/α-hetero) is 1. The summed E-state index contributed by atoms with van der Waals surface area (Å²) >= 11 is 5.62. The number of nitro benzene ring substituents is 1. The van der Waals surface area contributed by atoms with Crippen molar-refractivity contribution in [3.05, 3.63) is 38.7 Å². The van der Waals surface area contributed by atoms with E-state index in [0.717, 1.165) is 6.07 Å². The molecule has 0 aromatic heterocycles. The van der Waals surface area contributed by atoms with Gasteiger partial charge in [0.15, 0.2) is 5.78 Å². The van der Waals surface area contributed by atoms with E-state index in [4.69, 9.17) is 11.6 Å². The molecule has 0 aliphatic heterocycles. The van der Waals surface area contributed by atoms with Crippen LogP contribution in [0, 0.1) is 21.8 Å². The second kappa shape index (κ2) is 7.12. The van der Waals surface area contributed by atoms with Crippen molar-refractivity contribution in [2.75, 3.05) is 6.54 Å². The minimum absolute atomic E-state index is 0.147. The van der Waals surface area contributed by atoms with Gasteiger partial charge < -0.3 is 5.32 Å². The summed E-state index contributed by atoms with van der Waals surface area (Å²) in [6.07, 6.45) is 0.289. The number of ketones is 1. The maximum atomic E-state index is 13.4. The smallest absolute Gasteiger partial charge is 0.273 e. The van der Waals surface area contributed by atoms with Crippen LogP contribution in [0.2, 0.25) is 5.02 Å². The number of benzene rings is 1. The van der Waals surface area contributed by atoms with Gasteiger partial charge >= 0.3 is 0 Å². The third kappa shape index (κ3) is 4.78. The fourth-order valence-corrected chi connectivity index (χ4v) is 1.84. The number of hydrogen-bond donors (Lipinski definition) is 1. The Morgan fingerprint density at radius 1 is 1.43 bits per heavy atom. The van der Waals surface area contributed by atoms with Crippen molar-refractivity contribution in [1.29, 1.82) is 0 Å². The van der Waals surface area contributed by atoms with Gasteiger partial charge in [0.1, 0.15) is 5.82 Å². The monoisotopic (exact) mass is 316 g/mol. The van der Waals surface area contributed by atoms with E-state index in [1.165, 1.54) is 0 Å². The number of carbonyl (C=O) groups excluding carboxylic acids is 2. The molecule has 6 nitrogen and oxygen atoms in total. The number of non-ortho nitro benzene ring substituents is 1. The highest BCUT2D eigenvalue weighted by Gasteiger charge is 2.20. The predicted octanol–water partition coefficient (Wildman–Crippen LogP) is 2.73. The van der Waals surface area contributed by atoms with E-state index >= 15 is 0 Å². The molecular formula is C13H14ClFN2O4. The third-order valence-electron chi connectivity index (χ3n) is 2.55. The van der Waals surface area contributed by atoms with Gasteiger partial charge in [0.25, 0.3) is 11.6 Å². The number of nitrogens with one attached hydrogen (secondary N) is 1. The van der Waals surface area contributed by atoms with E-state index in [1.54, 1.807) is 0 Å². The molecule has 0 radical (unpaired) electrons. The van der Waals surface area contributed by atoms with Crippen molar-refractivity contribution >= 4 is 29.0 Å². The molecule has 1 aromatic carbocycles. The molecule has 0 atom stereocenters. The summed E-state index contributed by atoms with van der Waals surface area (Å²) in [5.41, 5.74) is -0.962. The highest BCUT2D eigenvalue weighted by molar-refractivity contribution is 6.34. The van der Waals surface area contributed by atoms with Crippen LogP contribution >= 0.6 is 11.6 Å². The molecule has 0 aliphatic carbocycles. The van der Waals surface area contributed by atoms with E-state index < -0.39 is 27.4 Å². The molecule has 0 bridgehead atoms. The largest absolute Gasteiger partial charge is 0.345 e. The lowest BCUT2D eigenvalue weighted by Gasteiger charge is -2.08. The molecular weight excluding hydrogens is 303 g/mol. The molecule has 0 heterocycles. The van der Waals surface area contributed by atoms with Crippen LogP contribution in [0.25, 0.3) is 0 Å². The van der Waals surface area contributed by atoms with Crippen molar-refractivity contribution in [3.8, 4) is 0 Å². The van der Waals surface area contributed by atoms with E-state index in [-0.39, 0.29) is 30.2 Å². The minimum Gasteiger partial charge on any atom is -0.345 e. The summed E-state index contributed by atoms with van der Waals surface area (Å²) in [5.74, 6) is -1.95. The molecule has 0 saturated heterocycles. The van der Waals surface area contributed by atoms with Gasteiger partial charge in [-0.15, -0.1) is 0 Å². The van der Waals surface area contributed by atoms with Gasteiger partial charge in [-0.2, -0.15) is 0 Å². The summed E-state index contributed by atoms with van der Waals surface area (Å²) in [5, 5.41) is 12.4. The number of hydrogen-bond acceptors (Lipinski definition) is 4. The summed E-state index contributed by atoms with van der Waals surface area (Å²) in [7, 11) is 0. The van der Waals surface area contributed by atoms with Gasteiger partial charge in [0, 0.05) is 12.5 Å². The first-order chi connectivity index (χ1) is 9.72. The van der Waals surface area contributed by atoms with E-state index in [0.29, 0.717) is 6.07 Å². The maximum absolute atomic E-state index is 13.4. The van der Waals surface area contributed by atoms with Crippen molar-refractivity contribution in [1.82, 2.24) is 5.32 Å². The normalized spacial score (nSPS) is 10.5. The van der Waals surface area contributed by atoms with Crippen LogP contribution in [-0.4, -0.2) is 23.2 Å². The molecule has 0 unspecified atom stereocenters. The van der Waals surface area contributed by atoms with Crippen molar-refractivity contribution in [2.45, 2.75) is 20.3 Å². The van der Waals surface area contributed by atoms with E-state index in [1.807, 2.05) is 13.8 Å². The number of rotatable bonds is 6. The Morgan fingerprint density at radius 2 is 2.05 bits per heavy atom. The molecule has 0 saturated carbocycles. The molecule has 1 rings (SSSR count). The van der Waals surface area contributed by atoms with Gasteiger partial charge in [0.2, 0.25) is 0 Å². The molecule has 0 fully saturated rings. The predicted molar refractivity (Wildman–Crippen MR) is 74.9 cm³/mol. The van der Waals surface area contributed by atoms with Crippen LogP contribution in [0.3, 0.4) is 0 Å². The SMILES string of the molecule is CC(C)CC(=O)CNC(=O)c1cc([N+](=O)[O-])cc(F)c1Cl. The molecule has 8 heteroatoms. The second-order valence-electron chi connectivity index (χ2n) is 4.87. The van der Waals surface area contributed by atoms with Gasteiger partial charge in [-0.25, -0.2) is 4.39 Å². The lowest BCUT2D eigenvalue weighted by molar-refractivity contribution is -0.385. The van der Waals surface area contributed by atoms with Crippen molar-refractivity contribution in [2.24, 2.45) is 5.92 Å². The van der Waals surface area contributed by atoms with Crippen LogP contribution in [0.1, 0.15) is 30.6 Å². The first-order valence-electron chi connectivity index (χ1n) is 6.15. The number of carbonyl (C=O) groups is 2. The zero-order valence-electron chi connectivity index (χ0n) is 11.5. The van der Waals surface area contributed by atoms with Crippen molar-refractivity contribution < 1.29 is 18.9 Å². The average Bonchev–Trinajstić information content (AvgIpc) is 2.37. The topological polar surface area (TPSA) is 89.3 Å². The van der Waals surface area contributed by atoms with Gasteiger partial charge in [-0.3, -0.25) is 19.7 Å². The second-order valence-corrected chi connectivity index (χ2v) is 5.24. The number of amides is 1. The quantitative estimate of drug-likeness (QED) is 0.645. The van der Waals surface area contributed by atoms with Crippen LogP contribution in [0.5, 0.6) is 0 Å². The fourth-order valence-electron chi connectivity index (χ4n) is 1.65. The first kappa shape index (κ1) is 17.0. The van der Waals surface area contributed by atoms with Crippen LogP contribution < -0.4 is 5.32 Å². The Labute approximate surface area is 125 Å². The lowest BCUT2D eigenvalue weighted by atomic mass is 10.1. The summed E-state index contributed by atoms with van der Waals surface area (Å²) < 4.78 is 13.4. The molecule has 1 aromatic rings. The Hall–Kier alpha value is -2.02. The molecule has 1 N–H and O–H groups in total. The number of nitro groups is 1. The standard InChI is InChI=1S/C13H14ClFN2O4/c1-7(2)3-9(18)6-16-13(19)10-4-8(17(20)21)5-11(15)12(10)14/h4-5,7H,3,6H2,1-2H3,(H,16,19). The highest BCUT2D eigenvalue weighted by atomic mass is 35.5. The molecule has 0 aliphatic rings. The Kier molecular flexibility index (Phi) is 5.78. The summed E-state index contributed by atoms with van der Waals surface area (Å²) in [4.78, 5) is 33.1. The Bertz CT molecular complexity index is 590. The minimum atomic E-state index is -1.07. The van der Waals surface area contributed by atoms with Crippen LogP contribution in [0.15, 0.2) is 12.1 Å². The summed E-state index contributed by atoms with van der Waals surface area (Å²) in [6, 6.07) is 1.50. The fraction of sp³-hybridized carbons (Fsp3) is 0.385. The van der Waals surface area contributed by atoms with Gasteiger partial charge in [-0.1, -0.05) is 25.4 Å². The molecule has 21 heavy (non-hydrogen) atoms. The Morgan fingerprint density at radius 3 is 2.57 bits per heavy atom. The van der Waals surface area contributed by atoms with Gasteiger partial charge in [-0.05, 0) is 5.92 Å². The van der Waals surface area contributed by atoms with Gasteiger partial charge in [0.05, 0.1) is 28.1 Å². The zero-order valence-corrected chi connectivity index (χ0v) is 12.2. The molecule has 114 valence electrons. The zero-order chi connectivity index (χ0) is 16.2. The molecule has 0 spiro atoms. The van der Waals surface area contributed by atoms with Crippen molar-refractivity contribution in [3.63, 3.8) is 0 Å². The van der Waals surface area contributed by atoms with E-state index in [2.05, 4.69) is 5.32 Å².